The lowest BCUT2D eigenvalue weighted by Crippen LogP contribution is -2.02. The Morgan fingerprint density at radius 2 is 1.92 bits per heavy atom. The van der Waals surface area contributed by atoms with Crippen LogP contribution in [0.1, 0.15) is 28.8 Å². The van der Waals surface area contributed by atoms with Gasteiger partial charge in [0, 0.05) is 46.4 Å². The van der Waals surface area contributed by atoms with Crippen LogP contribution >= 0.6 is 11.3 Å². The Kier molecular flexibility index (Phi) is 7.11. The molecule has 5 rings (SSSR count). The molecule has 2 aromatic heterocycles. The zero-order chi connectivity index (χ0) is 24.9. The van der Waals surface area contributed by atoms with E-state index < -0.39 is 0 Å². The second-order valence-electron chi connectivity index (χ2n) is 8.49. The van der Waals surface area contributed by atoms with Crippen molar-refractivity contribution in [3.8, 4) is 22.1 Å². The van der Waals surface area contributed by atoms with Gasteiger partial charge in [0.2, 0.25) is 0 Å². The number of nitrogens with one attached hydrogen (secondary N) is 1. The first kappa shape index (κ1) is 23.8. The molecule has 0 fully saturated rings. The molecule has 0 aliphatic heterocycles. The Morgan fingerprint density at radius 3 is 2.78 bits per heavy atom. The molecule has 2 N–H and O–H groups in total. The molecule has 0 saturated heterocycles. The lowest BCUT2D eigenvalue weighted by molar-refractivity contribution is -0.140. The Morgan fingerprint density at radius 1 is 1.06 bits per heavy atom. The van der Waals surface area contributed by atoms with Crippen molar-refractivity contribution in [2.45, 2.75) is 25.9 Å². The number of aromatic amines is 1. The van der Waals surface area contributed by atoms with E-state index >= 15 is 0 Å². The van der Waals surface area contributed by atoms with Gasteiger partial charge < -0.3 is 19.6 Å². The minimum atomic E-state index is -0.201. The van der Waals surface area contributed by atoms with E-state index in [4.69, 9.17) is 14.5 Å². The Bertz CT molecular complexity index is 1500. The second-order valence-corrected chi connectivity index (χ2v) is 9.34. The van der Waals surface area contributed by atoms with Crippen LogP contribution in [0.4, 0.5) is 0 Å². The predicted octanol–water partition coefficient (Wildman–Crippen LogP) is 6.27. The van der Waals surface area contributed by atoms with Gasteiger partial charge in [0.25, 0.3) is 0 Å². The largest absolute Gasteiger partial charge is 0.469 e. The second kappa shape index (κ2) is 10.8. The number of carbonyl (C=O) groups is 1. The van der Waals surface area contributed by atoms with Crippen molar-refractivity contribution < 1.29 is 19.4 Å². The molecule has 6 nitrogen and oxygen atoms in total. The van der Waals surface area contributed by atoms with Crippen LogP contribution in [0.15, 0.2) is 78.3 Å². The minimum Gasteiger partial charge on any atom is -0.469 e. The van der Waals surface area contributed by atoms with E-state index in [2.05, 4.69) is 22.5 Å². The summed E-state index contributed by atoms with van der Waals surface area (Å²) in [5.41, 5.74) is 5.95. The summed E-state index contributed by atoms with van der Waals surface area (Å²) in [5.74, 6) is 1.12. The van der Waals surface area contributed by atoms with E-state index in [0.717, 1.165) is 50.3 Å². The van der Waals surface area contributed by atoms with Gasteiger partial charge in [-0.15, -0.1) is 11.3 Å². The monoisotopic (exact) mass is 498 g/mol. The van der Waals surface area contributed by atoms with Gasteiger partial charge in [-0.05, 0) is 47.9 Å². The average Bonchev–Trinajstić information content (AvgIpc) is 3.57. The molecule has 3 aromatic carbocycles. The van der Waals surface area contributed by atoms with E-state index in [0.29, 0.717) is 24.3 Å². The highest BCUT2D eigenvalue weighted by Crippen LogP contribution is 2.34. The summed E-state index contributed by atoms with van der Waals surface area (Å²) in [6.45, 7) is -0.107. The van der Waals surface area contributed by atoms with Crippen molar-refractivity contribution in [1.29, 1.82) is 0 Å². The van der Waals surface area contributed by atoms with Gasteiger partial charge in [-0.2, -0.15) is 0 Å². The molecule has 0 saturated carbocycles. The third-order valence-electron chi connectivity index (χ3n) is 6.04. The number of aliphatic hydroxyl groups excluding tert-OH is 1. The molecule has 0 radical (unpaired) electrons. The van der Waals surface area contributed by atoms with Crippen molar-refractivity contribution in [3.63, 3.8) is 0 Å². The van der Waals surface area contributed by atoms with Crippen LogP contribution < -0.4 is 4.74 Å². The lowest BCUT2D eigenvalue weighted by atomic mass is 10.0. The smallest absolute Gasteiger partial charge is 0.305 e. The first-order valence-electron chi connectivity index (χ1n) is 11.7. The van der Waals surface area contributed by atoms with E-state index in [1.807, 2.05) is 60.8 Å². The number of H-pyrrole nitrogens is 1. The van der Waals surface area contributed by atoms with Gasteiger partial charge in [-0.25, -0.2) is 4.98 Å². The van der Waals surface area contributed by atoms with E-state index in [1.54, 1.807) is 11.3 Å². The zero-order valence-electron chi connectivity index (χ0n) is 19.9. The summed E-state index contributed by atoms with van der Waals surface area (Å²) in [5, 5.41) is 13.9. The van der Waals surface area contributed by atoms with Gasteiger partial charge in [-0.3, -0.25) is 4.79 Å². The van der Waals surface area contributed by atoms with Crippen LogP contribution in [-0.2, 0) is 29.0 Å². The van der Waals surface area contributed by atoms with Crippen LogP contribution in [-0.4, -0.2) is 28.2 Å². The maximum atomic E-state index is 11.4. The highest BCUT2D eigenvalue weighted by Gasteiger charge is 2.12. The Hall–Kier alpha value is -3.94. The summed E-state index contributed by atoms with van der Waals surface area (Å²) >= 11 is 1.60. The van der Waals surface area contributed by atoms with Crippen LogP contribution in [0.3, 0.4) is 0 Å². The number of esters is 1. The quantitative estimate of drug-likeness (QED) is 0.234. The predicted molar refractivity (Wildman–Crippen MR) is 141 cm³/mol. The van der Waals surface area contributed by atoms with Crippen LogP contribution in [0.5, 0.6) is 11.5 Å². The van der Waals surface area contributed by atoms with Crippen molar-refractivity contribution in [2.24, 2.45) is 0 Å². The average molecular weight is 499 g/mol. The normalized spacial score (nSPS) is 11.1. The number of carbonyl (C=O) groups excluding carboxylic acids is 1. The molecule has 0 amide bonds. The topological polar surface area (TPSA) is 84.4 Å². The molecule has 182 valence electrons. The van der Waals surface area contributed by atoms with E-state index in [1.165, 1.54) is 7.11 Å². The first-order valence-corrected chi connectivity index (χ1v) is 12.6. The number of hydrogen-bond donors (Lipinski definition) is 2. The SMILES string of the molecule is COC(=O)CCc1cccc(Cc2csc(-c3cccc(Oc4ccc5[nH]ccc5c4CO)c3)n2)c1. The van der Waals surface area contributed by atoms with Crippen molar-refractivity contribution in [2.75, 3.05) is 7.11 Å². The van der Waals surface area contributed by atoms with Crippen molar-refractivity contribution in [1.82, 2.24) is 9.97 Å². The zero-order valence-corrected chi connectivity index (χ0v) is 20.7. The molecule has 2 heterocycles. The highest BCUT2D eigenvalue weighted by atomic mass is 32.1. The first-order chi connectivity index (χ1) is 17.6. The molecule has 0 atom stereocenters. The fourth-order valence-corrected chi connectivity index (χ4v) is 5.04. The van der Waals surface area contributed by atoms with Crippen molar-refractivity contribution >= 4 is 28.2 Å². The number of nitrogens with zero attached hydrogens (tertiary/aromatic N) is 1. The molecule has 0 bridgehead atoms. The number of rotatable bonds is 9. The lowest BCUT2D eigenvalue weighted by Gasteiger charge is -2.11. The summed E-state index contributed by atoms with van der Waals surface area (Å²) < 4.78 is 10.9. The third kappa shape index (κ3) is 5.32. The van der Waals surface area contributed by atoms with Crippen molar-refractivity contribution in [3.05, 3.63) is 101 Å². The number of aryl methyl sites for hydroxylation is 1. The molecular formula is C29H26N2O4S. The van der Waals surface area contributed by atoms with Gasteiger partial charge in [0.1, 0.15) is 16.5 Å². The van der Waals surface area contributed by atoms with Gasteiger partial charge in [0.05, 0.1) is 19.4 Å². The van der Waals surface area contributed by atoms with Crippen LogP contribution in [0.25, 0.3) is 21.5 Å². The van der Waals surface area contributed by atoms with Crippen LogP contribution in [0, 0.1) is 0 Å². The Labute approximate surface area is 213 Å². The van der Waals surface area contributed by atoms with E-state index in [9.17, 15) is 9.90 Å². The maximum absolute atomic E-state index is 11.4. The number of methoxy groups -OCH3 is 1. The van der Waals surface area contributed by atoms with E-state index in [-0.39, 0.29) is 12.6 Å². The molecule has 0 aliphatic rings. The van der Waals surface area contributed by atoms with Gasteiger partial charge in [0.15, 0.2) is 0 Å². The number of benzene rings is 3. The number of aliphatic hydroxyl groups is 1. The number of fused-ring (bicyclic) bond motifs is 1. The summed E-state index contributed by atoms with van der Waals surface area (Å²) in [7, 11) is 1.41. The summed E-state index contributed by atoms with van der Waals surface area (Å²) in [6, 6.07) is 21.8. The minimum absolute atomic E-state index is 0.107. The summed E-state index contributed by atoms with van der Waals surface area (Å²) in [4.78, 5) is 19.5. The van der Waals surface area contributed by atoms with Gasteiger partial charge in [-0.1, -0.05) is 36.4 Å². The molecule has 0 aliphatic carbocycles. The fraction of sp³-hybridized carbons (Fsp3) is 0.172. The molecule has 0 unspecified atom stereocenters. The standard InChI is InChI=1S/C29H26N2O4S/c1-34-28(33)11-8-19-4-2-5-20(14-19)15-22-18-36-29(31-22)21-6-3-7-23(16-21)35-27-10-9-26-24(12-13-30-26)25(27)17-32/h2-7,9-10,12-14,16,18,30,32H,8,11,15,17H2,1H3. The molecule has 36 heavy (non-hydrogen) atoms. The Balaban J connectivity index is 1.31. The third-order valence-corrected chi connectivity index (χ3v) is 6.98. The number of hydrogen-bond acceptors (Lipinski definition) is 6. The highest BCUT2D eigenvalue weighted by molar-refractivity contribution is 7.13. The van der Waals surface area contributed by atoms with Gasteiger partial charge >= 0.3 is 5.97 Å². The number of aromatic nitrogens is 2. The van der Waals surface area contributed by atoms with Crippen LogP contribution in [0.2, 0.25) is 0 Å². The number of ether oxygens (including phenoxy) is 2. The molecule has 5 aromatic rings. The summed E-state index contributed by atoms with van der Waals surface area (Å²) in [6.07, 6.45) is 3.60. The maximum Gasteiger partial charge on any atom is 0.305 e. The molecule has 0 spiro atoms. The molecule has 7 heteroatoms. The fourth-order valence-electron chi connectivity index (χ4n) is 4.23. The molecular weight excluding hydrogens is 472 g/mol. The number of thiazole rings is 1.